The van der Waals surface area contributed by atoms with Crippen molar-refractivity contribution in [2.24, 2.45) is 0 Å². The Morgan fingerprint density at radius 3 is 2.16 bits per heavy atom. The van der Waals surface area contributed by atoms with E-state index in [1.165, 1.54) is 52.2 Å². The molecule has 0 bridgehead atoms. The van der Waals surface area contributed by atoms with Gasteiger partial charge >= 0.3 is 0 Å². The van der Waals surface area contributed by atoms with Crippen LogP contribution in [0.25, 0.3) is 32.6 Å². The molecule has 1 aliphatic rings. The standard InChI is InChI=1S/C22H13NS2/c1-2-6-14-12-20-19(11-13(14)5-1)24-18-10-9-16-15-7-3-4-8-17(15)23-21(16)22(18)25-20/h1-12,23H. The van der Waals surface area contributed by atoms with E-state index in [0.717, 1.165) is 0 Å². The van der Waals surface area contributed by atoms with Crippen molar-refractivity contribution in [3.05, 3.63) is 72.8 Å². The lowest BCUT2D eigenvalue weighted by molar-refractivity contribution is 1.18. The molecule has 0 atom stereocenters. The van der Waals surface area contributed by atoms with Crippen LogP contribution >= 0.6 is 23.5 Å². The zero-order chi connectivity index (χ0) is 16.4. The predicted octanol–water partition coefficient (Wildman–Crippen LogP) is 7.09. The Balaban J connectivity index is 1.61. The highest BCUT2D eigenvalue weighted by molar-refractivity contribution is 8.05. The third-order valence-corrected chi connectivity index (χ3v) is 7.40. The first-order valence-electron chi connectivity index (χ1n) is 8.29. The van der Waals surface area contributed by atoms with Gasteiger partial charge in [-0.2, -0.15) is 0 Å². The number of fused-ring (bicyclic) bond motifs is 7. The summed E-state index contributed by atoms with van der Waals surface area (Å²) < 4.78 is 0. The summed E-state index contributed by atoms with van der Waals surface area (Å²) in [6.45, 7) is 0. The van der Waals surface area contributed by atoms with Gasteiger partial charge in [0.05, 0.1) is 10.4 Å². The van der Waals surface area contributed by atoms with Crippen LogP contribution in [0.15, 0.2) is 92.4 Å². The number of aromatic amines is 1. The van der Waals surface area contributed by atoms with Crippen LogP contribution in [0.3, 0.4) is 0 Å². The molecule has 0 aliphatic carbocycles. The minimum Gasteiger partial charge on any atom is -0.354 e. The third kappa shape index (κ3) is 2.00. The van der Waals surface area contributed by atoms with Crippen LogP contribution < -0.4 is 0 Å². The quantitative estimate of drug-likeness (QED) is 0.313. The van der Waals surface area contributed by atoms with Gasteiger partial charge in [-0.05, 0) is 35.0 Å². The van der Waals surface area contributed by atoms with Crippen LogP contribution in [0.4, 0.5) is 0 Å². The highest BCUT2D eigenvalue weighted by Gasteiger charge is 2.21. The Morgan fingerprint density at radius 2 is 1.32 bits per heavy atom. The summed E-state index contributed by atoms with van der Waals surface area (Å²) in [4.78, 5) is 9.03. The molecule has 2 heterocycles. The average Bonchev–Trinajstić information content (AvgIpc) is 3.04. The Kier molecular flexibility index (Phi) is 2.81. The normalized spacial score (nSPS) is 13.3. The van der Waals surface area contributed by atoms with Crippen molar-refractivity contribution >= 4 is 56.1 Å². The van der Waals surface area contributed by atoms with Gasteiger partial charge in [0.25, 0.3) is 0 Å². The molecule has 1 N–H and O–H groups in total. The van der Waals surface area contributed by atoms with Gasteiger partial charge in [0, 0.05) is 31.0 Å². The molecular formula is C22H13NS2. The molecule has 0 fully saturated rings. The van der Waals surface area contributed by atoms with Crippen LogP contribution in [0, 0.1) is 0 Å². The molecule has 1 aliphatic heterocycles. The van der Waals surface area contributed by atoms with Gasteiger partial charge in [0.15, 0.2) is 0 Å². The summed E-state index contributed by atoms with van der Waals surface area (Å²) >= 11 is 3.77. The highest BCUT2D eigenvalue weighted by Crippen LogP contribution is 2.52. The molecule has 0 saturated carbocycles. The lowest BCUT2D eigenvalue weighted by Crippen LogP contribution is -1.91. The lowest BCUT2D eigenvalue weighted by atomic mass is 10.1. The topological polar surface area (TPSA) is 15.8 Å². The maximum Gasteiger partial charge on any atom is 0.0618 e. The summed E-state index contributed by atoms with van der Waals surface area (Å²) in [5.74, 6) is 0. The fraction of sp³-hybridized carbons (Fsp3) is 0. The number of para-hydroxylation sites is 1. The summed E-state index contributed by atoms with van der Waals surface area (Å²) in [6, 6.07) is 26.3. The first kappa shape index (κ1) is 13.9. The number of H-pyrrole nitrogens is 1. The monoisotopic (exact) mass is 355 g/mol. The van der Waals surface area contributed by atoms with Crippen molar-refractivity contribution in [3.8, 4) is 0 Å². The van der Waals surface area contributed by atoms with E-state index in [1.54, 1.807) is 0 Å². The van der Waals surface area contributed by atoms with Gasteiger partial charge in [0.2, 0.25) is 0 Å². The number of aromatic nitrogens is 1. The van der Waals surface area contributed by atoms with Gasteiger partial charge in [0.1, 0.15) is 0 Å². The SMILES string of the molecule is c1ccc2cc3c(cc2c1)Sc1ccc2c([nH]c4ccccc42)c1S3. The number of hydrogen-bond donors (Lipinski definition) is 1. The average molecular weight is 355 g/mol. The first-order valence-corrected chi connectivity index (χ1v) is 9.92. The molecule has 0 unspecified atom stereocenters. The predicted molar refractivity (Wildman–Crippen MR) is 108 cm³/mol. The van der Waals surface area contributed by atoms with E-state index in [-0.39, 0.29) is 0 Å². The van der Waals surface area contributed by atoms with Gasteiger partial charge in [-0.25, -0.2) is 0 Å². The Bertz CT molecular complexity index is 1300. The van der Waals surface area contributed by atoms with E-state index >= 15 is 0 Å². The largest absolute Gasteiger partial charge is 0.354 e. The summed E-state index contributed by atoms with van der Waals surface area (Å²) in [5.41, 5.74) is 2.47. The number of nitrogens with one attached hydrogen (secondary N) is 1. The maximum atomic E-state index is 3.64. The van der Waals surface area contributed by atoms with Gasteiger partial charge in [-0.1, -0.05) is 72.1 Å². The van der Waals surface area contributed by atoms with E-state index in [4.69, 9.17) is 0 Å². The molecule has 0 saturated heterocycles. The fourth-order valence-electron chi connectivity index (χ4n) is 3.64. The zero-order valence-electron chi connectivity index (χ0n) is 13.2. The molecule has 5 aromatic rings. The zero-order valence-corrected chi connectivity index (χ0v) is 14.9. The Labute approximate surface area is 153 Å². The van der Waals surface area contributed by atoms with Gasteiger partial charge in [-0.15, -0.1) is 0 Å². The van der Waals surface area contributed by atoms with Gasteiger partial charge in [-0.3, -0.25) is 0 Å². The minimum absolute atomic E-state index is 1.21. The van der Waals surface area contributed by atoms with Crippen molar-refractivity contribution < 1.29 is 0 Å². The molecule has 1 nitrogen and oxygen atoms in total. The van der Waals surface area contributed by atoms with Crippen LogP contribution in [0.5, 0.6) is 0 Å². The molecule has 1 aromatic heterocycles. The van der Waals surface area contributed by atoms with E-state index in [2.05, 4.69) is 77.8 Å². The number of benzene rings is 4. The number of hydrogen-bond acceptors (Lipinski definition) is 2. The van der Waals surface area contributed by atoms with Crippen molar-refractivity contribution in [3.63, 3.8) is 0 Å². The van der Waals surface area contributed by atoms with Crippen molar-refractivity contribution in [1.82, 2.24) is 4.98 Å². The smallest absolute Gasteiger partial charge is 0.0618 e. The molecule has 4 aromatic carbocycles. The van der Waals surface area contributed by atoms with E-state index in [9.17, 15) is 0 Å². The summed E-state index contributed by atoms with van der Waals surface area (Å²) in [5, 5.41) is 5.23. The lowest BCUT2D eigenvalue weighted by Gasteiger charge is -2.19. The molecule has 0 radical (unpaired) electrons. The van der Waals surface area contributed by atoms with Crippen LogP contribution in [-0.2, 0) is 0 Å². The third-order valence-electron chi connectivity index (χ3n) is 4.84. The molecule has 3 heteroatoms. The first-order chi connectivity index (χ1) is 12.4. The Morgan fingerprint density at radius 1 is 0.600 bits per heavy atom. The Hall–Kier alpha value is -2.36. The van der Waals surface area contributed by atoms with E-state index in [0.29, 0.717) is 0 Å². The molecule has 0 amide bonds. The van der Waals surface area contributed by atoms with E-state index < -0.39 is 0 Å². The molecule has 6 rings (SSSR count). The highest BCUT2D eigenvalue weighted by atomic mass is 32.2. The van der Waals surface area contributed by atoms with Crippen LogP contribution in [0.1, 0.15) is 0 Å². The second kappa shape index (κ2) is 5.07. The minimum atomic E-state index is 1.21. The summed E-state index contributed by atoms with van der Waals surface area (Å²) in [7, 11) is 0. The van der Waals surface area contributed by atoms with Crippen molar-refractivity contribution in [1.29, 1.82) is 0 Å². The second-order valence-corrected chi connectivity index (χ2v) is 8.47. The van der Waals surface area contributed by atoms with Crippen LogP contribution in [-0.4, -0.2) is 4.98 Å². The summed E-state index contributed by atoms with van der Waals surface area (Å²) in [6.07, 6.45) is 0. The van der Waals surface area contributed by atoms with Crippen molar-refractivity contribution in [2.45, 2.75) is 19.6 Å². The van der Waals surface area contributed by atoms with E-state index in [1.807, 2.05) is 23.5 Å². The second-order valence-electron chi connectivity index (χ2n) is 6.34. The molecular weight excluding hydrogens is 342 g/mol. The molecule has 0 spiro atoms. The van der Waals surface area contributed by atoms with Gasteiger partial charge < -0.3 is 4.98 Å². The molecule has 118 valence electrons. The van der Waals surface area contributed by atoms with Crippen LogP contribution in [0.2, 0.25) is 0 Å². The van der Waals surface area contributed by atoms with Crippen molar-refractivity contribution in [2.75, 3.05) is 0 Å². The maximum absolute atomic E-state index is 3.64. The number of rotatable bonds is 0. The fourth-order valence-corrected chi connectivity index (χ4v) is 6.05. The molecule has 25 heavy (non-hydrogen) atoms.